The molecule has 0 amide bonds. The highest BCUT2D eigenvalue weighted by atomic mass is 19.1. The maximum absolute atomic E-state index is 17.5. The summed E-state index contributed by atoms with van der Waals surface area (Å²) in [7, 11) is 0. The van der Waals surface area contributed by atoms with Crippen LogP contribution in [-0.2, 0) is 25.5 Å². The number of rotatable bonds is 5. The number of aliphatic hydroxyl groups is 1. The molecule has 1 aromatic heterocycles. The van der Waals surface area contributed by atoms with Crippen molar-refractivity contribution < 1.29 is 42.3 Å². The van der Waals surface area contributed by atoms with Gasteiger partial charge < -0.3 is 19.1 Å². The van der Waals surface area contributed by atoms with Gasteiger partial charge in [0, 0.05) is 35.2 Å². The van der Waals surface area contributed by atoms with Crippen molar-refractivity contribution in [3.8, 4) is 6.07 Å². The molecule has 3 saturated carbocycles. The lowest BCUT2D eigenvalue weighted by Crippen LogP contribution is -2.71. The molecule has 0 aliphatic heterocycles. The monoisotopic (exact) mass is 558 g/mol. The number of allylic oxidation sites excluding steroid dienone is 4. The predicted molar refractivity (Wildman–Crippen MR) is 134 cm³/mol. The summed E-state index contributed by atoms with van der Waals surface area (Å²) < 4.78 is 49.5. The molecular formula is C29H32F2N2O7. The summed E-state index contributed by atoms with van der Waals surface area (Å²) >= 11 is 0. The Balaban J connectivity index is 1.62. The Kier molecular flexibility index (Phi) is 6.57. The second kappa shape index (κ2) is 9.33. The highest BCUT2D eigenvalue weighted by molar-refractivity contribution is 6.01. The number of hydrogen-bond acceptors (Lipinski definition) is 9. The molecule has 1 heterocycles. The summed E-state index contributed by atoms with van der Waals surface area (Å²) in [5.41, 5.74) is -7.62. The van der Waals surface area contributed by atoms with Crippen LogP contribution in [0.4, 0.5) is 8.78 Å². The zero-order chi connectivity index (χ0) is 29.3. The fourth-order valence-electron chi connectivity index (χ4n) is 8.20. The average molecular weight is 559 g/mol. The van der Waals surface area contributed by atoms with Crippen molar-refractivity contribution in [2.75, 3.05) is 6.61 Å². The number of fused-ring (bicyclic) bond motifs is 5. The molecule has 1 aromatic rings. The molecule has 0 bridgehead atoms. The molecule has 0 saturated heterocycles. The molecule has 0 spiro atoms. The summed E-state index contributed by atoms with van der Waals surface area (Å²) in [6.45, 7) is 5.93. The minimum absolute atomic E-state index is 0.0173. The molecule has 11 heteroatoms. The van der Waals surface area contributed by atoms with Gasteiger partial charge in [0.2, 0.25) is 5.60 Å². The third kappa shape index (κ3) is 3.51. The van der Waals surface area contributed by atoms with Crippen LogP contribution in [-0.4, -0.2) is 58.1 Å². The van der Waals surface area contributed by atoms with Gasteiger partial charge in [-0.1, -0.05) is 32.0 Å². The van der Waals surface area contributed by atoms with Gasteiger partial charge in [-0.3, -0.25) is 4.79 Å². The van der Waals surface area contributed by atoms with Gasteiger partial charge in [-0.25, -0.2) is 18.4 Å². The molecule has 0 aromatic carbocycles. The normalized spacial score (nSPS) is 41.7. The van der Waals surface area contributed by atoms with Crippen LogP contribution in [0.25, 0.3) is 0 Å². The van der Waals surface area contributed by atoms with Crippen LogP contribution >= 0.6 is 0 Å². The molecule has 4 aliphatic rings. The van der Waals surface area contributed by atoms with E-state index < -0.39 is 76.5 Å². The number of nitriles is 1. The Hall–Kier alpha value is -3.39. The van der Waals surface area contributed by atoms with Crippen molar-refractivity contribution in [2.24, 2.45) is 28.6 Å². The lowest BCUT2D eigenvalue weighted by molar-refractivity contribution is -0.230. The summed E-state index contributed by atoms with van der Waals surface area (Å²) in [5.74, 6) is -4.59. The highest BCUT2D eigenvalue weighted by Crippen LogP contribution is 2.71. The Bertz CT molecular complexity index is 1370. The zero-order valence-electron chi connectivity index (χ0n) is 22.8. The molecule has 5 rings (SSSR count). The number of carbonyl (C=O) groups is 3. The highest BCUT2D eigenvalue weighted by Gasteiger charge is 2.78. The fourth-order valence-corrected chi connectivity index (χ4v) is 8.20. The van der Waals surface area contributed by atoms with Gasteiger partial charge in [0.25, 0.3) is 0 Å². The Morgan fingerprint density at radius 1 is 1.30 bits per heavy atom. The first kappa shape index (κ1) is 28.1. The maximum Gasteiger partial charge on any atom is 0.361 e. The smallest absolute Gasteiger partial charge is 0.361 e. The van der Waals surface area contributed by atoms with Gasteiger partial charge in [0.05, 0.1) is 6.10 Å². The summed E-state index contributed by atoms with van der Waals surface area (Å²) in [4.78, 5) is 39.2. The van der Waals surface area contributed by atoms with Crippen molar-refractivity contribution >= 4 is 17.7 Å². The first-order valence-corrected chi connectivity index (χ1v) is 13.5. The largest absolute Gasteiger partial charge is 0.447 e. The number of alkyl halides is 2. The number of aromatic nitrogens is 1. The molecule has 4 aliphatic carbocycles. The second-order valence-corrected chi connectivity index (χ2v) is 11.9. The molecule has 214 valence electrons. The van der Waals surface area contributed by atoms with Crippen LogP contribution < -0.4 is 0 Å². The van der Waals surface area contributed by atoms with Crippen LogP contribution in [0.3, 0.4) is 0 Å². The fraction of sp³-hybridized carbons (Fsp3) is 0.621. The van der Waals surface area contributed by atoms with E-state index in [9.17, 15) is 19.5 Å². The Labute approximate surface area is 230 Å². The van der Waals surface area contributed by atoms with E-state index in [1.54, 1.807) is 26.8 Å². The van der Waals surface area contributed by atoms with E-state index in [1.165, 1.54) is 25.1 Å². The summed E-state index contributed by atoms with van der Waals surface area (Å²) in [5, 5.41) is 24.4. The predicted octanol–water partition coefficient (Wildman–Crippen LogP) is 3.76. The number of halogens is 2. The lowest BCUT2D eigenvalue weighted by Gasteiger charge is -2.63. The van der Waals surface area contributed by atoms with Gasteiger partial charge in [-0.05, 0) is 49.8 Å². The SMILES string of the molecule is CCc1cc(C(=O)O[C@]2(C(=O)OCC#N)[C@H](C)CC3C4C[C@H](F)C5=CC(=O)C=C[C@]5(C)[C@@]4(F)[C@@H](O)C[C@@]32C)no1. The Morgan fingerprint density at radius 2 is 2.02 bits per heavy atom. The standard InChI is InChI=1S/C29H32F2N2O7/c1-5-17-12-22(33-40-17)24(36)39-29(25(37)38-9-8-32)15(2)10-18-19-13-21(30)20-11-16(34)6-7-26(20,3)28(19,31)23(35)14-27(18,29)4/h6-7,11-12,15,18-19,21,23,35H,5,9-10,13-14H2,1-4H3/t15-,18?,19?,21+,23+,26+,27+,28+,29+/m1/s1. The van der Waals surface area contributed by atoms with E-state index >= 15 is 8.78 Å². The van der Waals surface area contributed by atoms with Crippen molar-refractivity contribution in [1.82, 2.24) is 5.16 Å². The van der Waals surface area contributed by atoms with Crippen LogP contribution in [0.1, 0.15) is 63.2 Å². The van der Waals surface area contributed by atoms with E-state index in [0.29, 0.717) is 12.2 Å². The van der Waals surface area contributed by atoms with Gasteiger partial charge in [0.1, 0.15) is 18.0 Å². The number of ketones is 1. The summed E-state index contributed by atoms with van der Waals surface area (Å²) in [6.07, 6.45) is 0.188. The number of nitrogens with zero attached hydrogens (tertiary/aromatic N) is 2. The van der Waals surface area contributed by atoms with E-state index in [4.69, 9.17) is 19.3 Å². The van der Waals surface area contributed by atoms with Crippen LogP contribution in [0, 0.1) is 39.9 Å². The second-order valence-electron chi connectivity index (χ2n) is 11.9. The quantitative estimate of drug-likeness (QED) is 0.535. The van der Waals surface area contributed by atoms with Gasteiger partial charge in [-0.15, -0.1) is 0 Å². The molecule has 40 heavy (non-hydrogen) atoms. The van der Waals surface area contributed by atoms with Gasteiger partial charge in [0.15, 0.2) is 23.8 Å². The Morgan fingerprint density at radius 3 is 2.67 bits per heavy atom. The average Bonchev–Trinajstić information content (AvgIpc) is 3.48. The number of carbonyl (C=O) groups excluding carboxylic acids is 3. The molecule has 2 unspecified atom stereocenters. The van der Waals surface area contributed by atoms with Crippen LogP contribution in [0.15, 0.2) is 34.4 Å². The van der Waals surface area contributed by atoms with Crippen molar-refractivity contribution in [3.63, 3.8) is 0 Å². The number of aliphatic hydroxyl groups excluding tert-OH is 1. The van der Waals surface area contributed by atoms with Crippen molar-refractivity contribution in [3.05, 3.63) is 41.3 Å². The van der Waals surface area contributed by atoms with E-state index in [0.717, 1.165) is 6.08 Å². The molecular weight excluding hydrogens is 526 g/mol. The third-order valence-electron chi connectivity index (χ3n) is 10.1. The minimum atomic E-state index is -2.37. The van der Waals surface area contributed by atoms with Crippen LogP contribution in [0.5, 0.6) is 0 Å². The van der Waals surface area contributed by atoms with Crippen molar-refractivity contribution in [2.45, 2.75) is 76.9 Å². The maximum atomic E-state index is 17.5. The summed E-state index contributed by atoms with van der Waals surface area (Å²) in [6, 6.07) is 3.12. The topological polar surface area (TPSA) is 140 Å². The number of aryl methyl sites for hydroxylation is 1. The van der Waals surface area contributed by atoms with Gasteiger partial charge >= 0.3 is 11.9 Å². The lowest BCUT2D eigenvalue weighted by atomic mass is 9.44. The first-order valence-electron chi connectivity index (χ1n) is 13.5. The molecule has 3 fully saturated rings. The molecule has 9 nitrogen and oxygen atoms in total. The number of esters is 2. The van der Waals surface area contributed by atoms with E-state index in [1.807, 2.05) is 0 Å². The van der Waals surface area contributed by atoms with E-state index in [2.05, 4.69) is 5.16 Å². The minimum Gasteiger partial charge on any atom is -0.447 e. The first-order chi connectivity index (χ1) is 18.8. The molecule has 1 N–H and O–H groups in total. The zero-order valence-corrected chi connectivity index (χ0v) is 22.8. The molecule has 9 atom stereocenters. The number of hydrogen-bond donors (Lipinski definition) is 1. The van der Waals surface area contributed by atoms with Crippen molar-refractivity contribution in [1.29, 1.82) is 5.26 Å². The third-order valence-corrected chi connectivity index (χ3v) is 10.1. The van der Waals surface area contributed by atoms with Crippen LogP contribution in [0.2, 0.25) is 0 Å². The number of ether oxygens (including phenoxy) is 2. The molecule has 0 radical (unpaired) electrons. The van der Waals surface area contributed by atoms with E-state index in [-0.39, 0.29) is 30.5 Å². The van der Waals surface area contributed by atoms with Gasteiger partial charge in [-0.2, -0.15) is 5.26 Å².